The highest BCUT2D eigenvalue weighted by molar-refractivity contribution is 5.87. The summed E-state index contributed by atoms with van der Waals surface area (Å²) < 4.78 is 22.4. The second kappa shape index (κ2) is 8.49. The number of benzene rings is 2. The molecule has 2 aromatic carbocycles. The fourth-order valence-corrected chi connectivity index (χ4v) is 4.50. The van der Waals surface area contributed by atoms with Crippen molar-refractivity contribution in [3.8, 4) is 23.3 Å². The van der Waals surface area contributed by atoms with E-state index < -0.39 is 11.5 Å². The van der Waals surface area contributed by atoms with Crippen LogP contribution in [0.15, 0.2) is 75.3 Å². The Hall–Kier alpha value is -4.44. The minimum absolute atomic E-state index is 0.0520. The average molecular weight is 454 g/mol. The molecule has 5 rings (SSSR count). The summed E-state index contributed by atoms with van der Waals surface area (Å²) in [6.07, 6.45) is 8.20. The third-order valence-electron chi connectivity index (χ3n) is 6.14. The molecule has 0 saturated heterocycles. The first-order valence-electron chi connectivity index (χ1n) is 10.8. The Morgan fingerprint density at radius 2 is 1.97 bits per heavy atom. The van der Waals surface area contributed by atoms with E-state index in [-0.39, 0.29) is 22.8 Å². The molecule has 0 fully saturated rings. The Balaban J connectivity index is 1.78. The van der Waals surface area contributed by atoms with Crippen molar-refractivity contribution in [2.45, 2.75) is 18.8 Å². The maximum Gasteiger partial charge on any atom is 0.344 e. The van der Waals surface area contributed by atoms with Gasteiger partial charge < -0.3 is 24.4 Å². The van der Waals surface area contributed by atoms with Crippen molar-refractivity contribution >= 4 is 16.5 Å². The van der Waals surface area contributed by atoms with Crippen molar-refractivity contribution < 1.29 is 18.6 Å². The van der Waals surface area contributed by atoms with Gasteiger partial charge in [0, 0.05) is 5.56 Å². The molecule has 7 nitrogen and oxygen atoms in total. The van der Waals surface area contributed by atoms with E-state index in [1.807, 2.05) is 24.3 Å². The maximum absolute atomic E-state index is 13.2. The highest BCUT2D eigenvalue weighted by Gasteiger charge is 2.36. The third kappa shape index (κ3) is 3.41. The molecule has 1 aliphatic carbocycles. The highest BCUT2D eigenvalue weighted by atomic mass is 16.5. The molecule has 3 aromatic rings. The lowest BCUT2D eigenvalue weighted by Gasteiger charge is -2.26. The van der Waals surface area contributed by atoms with Crippen LogP contribution in [0.3, 0.4) is 0 Å². The molecule has 1 atom stereocenters. The molecule has 1 aromatic heterocycles. The van der Waals surface area contributed by atoms with E-state index in [1.54, 1.807) is 32.4 Å². The van der Waals surface area contributed by atoms with Crippen molar-refractivity contribution in [1.82, 2.24) is 0 Å². The number of nitriles is 1. The maximum atomic E-state index is 13.2. The largest absolute Gasteiger partial charge is 0.497 e. The number of allylic oxidation sites excluding steroid dienone is 5. The van der Waals surface area contributed by atoms with Crippen LogP contribution >= 0.6 is 0 Å². The Kier molecular flexibility index (Phi) is 5.34. The van der Waals surface area contributed by atoms with E-state index in [4.69, 9.17) is 24.4 Å². The molecule has 34 heavy (non-hydrogen) atoms. The molecule has 0 amide bonds. The van der Waals surface area contributed by atoms with Gasteiger partial charge in [-0.15, -0.1) is 0 Å². The molecular formula is C27H22N2O5. The Bertz CT molecular complexity index is 1500. The van der Waals surface area contributed by atoms with Crippen LogP contribution in [0.1, 0.15) is 35.4 Å². The van der Waals surface area contributed by atoms with Gasteiger partial charge in [-0.25, -0.2) is 4.79 Å². The summed E-state index contributed by atoms with van der Waals surface area (Å²) in [5, 5.41) is 10.5. The SMILES string of the molecule is COc1ccc2oc(=O)c3c(c2c1)OC(N)=C(C#N)C3c1ccc(OC)c(C2=CCCC=C2)c1. The molecule has 170 valence electrons. The van der Waals surface area contributed by atoms with Gasteiger partial charge in [0.25, 0.3) is 0 Å². The molecule has 2 heterocycles. The van der Waals surface area contributed by atoms with Gasteiger partial charge in [-0.05, 0) is 54.3 Å². The second-order valence-electron chi connectivity index (χ2n) is 8.02. The van der Waals surface area contributed by atoms with Crippen LogP contribution in [0, 0.1) is 11.3 Å². The standard InChI is InChI=1S/C27H22N2O5/c1-31-17-9-11-22-19(13-17)25-24(27(30)33-22)23(20(14-28)26(29)34-25)16-8-10-21(32-2)18(12-16)15-6-4-3-5-7-15/h4,6-13,23H,3,5,29H2,1-2H3. The summed E-state index contributed by atoms with van der Waals surface area (Å²) in [4.78, 5) is 13.2. The monoisotopic (exact) mass is 454 g/mol. The lowest BCUT2D eigenvalue weighted by molar-refractivity contribution is 0.386. The van der Waals surface area contributed by atoms with Gasteiger partial charge in [0.05, 0.1) is 31.1 Å². The van der Waals surface area contributed by atoms with E-state index in [0.717, 1.165) is 24.0 Å². The normalized spacial score (nSPS) is 17.0. The van der Waals surface area contributed by atoms with Crippen molar-refractivity contribution in [3.05, 3.63) is 93.2 Å². The average Bonchev–Trinajstić information content (AvgIpc) is 2.88. The molecule has 2 aliphatic rings. The minimum atomic E-state index is -0.765. The van der Waals surface area contributed by atoms with E-state index in [1.165, 1.54) is 0 Å². The van der Waals surface area contributed by atoms with E-state index in [2.05, 4.69) is 18.2 Å². The van der Waals surface area contributed by atoms with E-state index in [0.29, 0.717) is 28.0 Å². The Labute approximate surface area is 196 Å². The first-order chi connectivity index (χ1) is 16.5. The van der Waals surface area contributed by atoms with Gasteiger partial charge in [-0.1, -0.05) is 24.3 Å². The zero-order chi connectivity index (χ0) is 23.8. The molecule has 0 saturated carbocycles. The number of hydrogen-bond donors (Lipinski definition) is 1. The van der Waals surface area contributed by atoms with Gasteiger partial charge in [0.1, 0.15) is 28.7 Å². The predicted molar refractivity (Wildman–Crippen MR) is 128 cm³/mol. The van der Waals surface area contributed by atoms with Crippen LogP contribution in [-0.2, 0) is 0 Å². The summed E-state index contributed by atoms with van der Waals surface area (Å²) in [6, 6.07) is 12.8. The van der Waals surface area contributed by atoms with Gasteiger partial charge in [0.15, 0.2) is 5.75 Å². The summed E-state index contributed by atoms with van der Waals surface area (Å²) >= 11 is 0. The summed E-state index contributed by atoms with van der Waals surface area (Å²) in [5.41, 5.74) is 8.90. The Morgan fingerprint density at radius 3 is 2.68 bits per heavy atom. The fourth-order valence-electron chi connectivity index (χ4n) is 4.50. The third-order valence-corrected chi connectivity index (χ3v) is 6.14. The Morgan fingerprint density at radius 1 is 1.12 bits per heavy atom. The first-order valence-corrected chi connectivity index (χ1v) is 10.8. The minimum Gasteiger partial charge on any atom is -0.497 e. The van der Waals surface area contributed by atoms with Gasteiger partial charge >= 0.3 is 5.63 Å². The summed E-state index contributed by atoms with van der Waals surface area (Å²) in [5.74, 6) is 0.711. The van der Waals surface area contributed by atoms with Crippen molar-refractivity contribution in [1.29, 1.82) is 5.26 Å². The van der Waals surface area contributed by atoms with Crippen LogP contribution in [0.4, 0.5) is 0 Å². The topological polar surface area (TPSA) is 108 Å². The number of nitrogens with two attached hydrogens (primary N) is 1. The molecule has 0 radical (unpaired) electrons. The van der Waals surface area contributed by atoms with Gasteiger partial charge in [-0.3, -0.25) is 0 Å². The first kappa shape index (κ1) is 21.4. The molecule has 1 unspecified atom stereocenters. The zero-order valence-corrected chi connectivity index (χ0v) is 18.8. The number of rotatable bonds is 4. The smallest absolute Gasteiger partial charge is 0.344 e. The van der Waals surface area contributed by atoms with Crippen LogP contribution < -0.4 is 25.6 Å². The molecule has 1 aliphatic heterocycles. The zero-order valence-electron chi connectivity index (χ0n) is 18.8. The second-order valence-corrected chi connectivity index (χ2v) is 8.02. The number of methoxy groups -OCH3 is 2. The lowest BCUT2D eigenvalue weighted by atomic mass is 9.82. The van der Waals surface area contributed by atoms with Gasteiger partial charge in [0.2, 0.25) is 5.88 Å². The lowest BCUT2D eigenvalue weighted by Crippen LogP contribution is -2.26. The molecule has 0 spiro atoms. The van der Waals surface area contributed by atoms with Crippen LogP contribution in [-0.4, -0.2) is 14.2 Å². The number of nitrogens with zero attached hydrogens (tertiary/aromatic N) is 1. The molecule has 0 bridgehead atoms. The highest BCUT2D eigenvalue weighted by Crippen LogP contribution is 2.45. The number of hydrogen-bond acceptors (Lipinski definition) is 7. The van der Waals surface area contributed by atoms with Crippen LogP contribution in [0.25, 0.3) is 16.5 Å². The number of ether oxygens (including phenoxy) is 3. The van der Waals surface area contributed by atoms with Crippen molar-refractivity contribution in [3.63, 3.8) is 0 Å². The predicted octanol–water partition coefficient (Wildman–Crippen LogP) is 4.76. The summed E-state index contributed by atoms with van der Waals surface area (Å²) in [6.45, 7) is 0. The quantitative estimate of drug-likeness (QED) is 0.566. The number of fused-ring (bicyclic) bond motifs is 3. The van der Waals surface area contributed by atoms with Crippen molar-refractivity contribution in [2.75, 3.05) is 14.2 Å². The van der Waals surface area contributed by atoms with E-state index in [9.17, 15) is 10.1 Å². The molecule has 2 N–H and O–H groups in total. The molecule has 7 heteroatoms. The molecular weight excluding hydrogens is 432 g/mol. The van der Waals surface area contributed by atoms with Crippen molar-refractivity contribution in [2.24, 2.45) is 5.73 Å². The van der Waals surface area contributed by atoms with Crippen LogP contribution in [0.5, 0.6) is 17.2 Å². The van der Waals surface area contributed by atoms with E-state index >= 15 is 0 Å². The summed E-state index contributed by atoms with van der Waals surface area (Å²) in [7, 11) is 3.16. The van der Waals surface area contributed by atoms with Gasteiger partial charge in [-0.2, -0.15) is 5.26 Å². The van der Waals surface area contributed by atoms with Crippen LogP contribution in [0.2, 0.25) is 0 Å². The fraction of sp³-hybridized carbons (Fsp3) is 0.185.